The number of carboxylic acid groups (broad SMARTS) is 4. The second kappa shape index (κ2) is 7.28. The summed E-state index contributed by atoms with van der Waals surface area (Å²) in [7, 11) is 0. The van der Waals surface area contributed by atoms with Crippen LogP contribution < -0.4 is 0 Å². The normalized spacial score (nSPS) is 10.4. The van der Waals surface area contributed by atoms with Gasteiger partial charge in [-0.15, -0.1) is 0 Å². The maximum atomic E-state index is 11.4. The fourth-order valence-electron chi connectivity index (χ4n) is 3.07. The first-order valence-corrected chi connectivity index (χ1v) is 7.73. The SMILES string of the molecule is Cc1cc(Cc2cc(C)c(C(=O)O)c(C(=O)O)c2)cc(C(=O)O)c1C(=O)O. The molecule has 140 valence electrons. The Kier molecular flexibility index (Phi) is 5.30. The number of benzene rings is 2. The molecule has 0 amide bonds. The lowest BCUT2D eigenvalue weighted by Gasteiger charge is -2.12. The van der Waals surface area contributed by atoms with Crippen LogP contribution in [0.5, 0.6) is 0 Å². The molecule has 8 heteroatoms. The van der Waals surface area contributed by atoms with Gasteiger partial charge in [-0.25, -0.2) is 19.2 Å². The highest BCUT2D eigenvalue weighted by atomic mass is 16.4. The Labute approximate surface area is 153 Å². The van der Waals surface area contributed by atoms with Crippen molar-refractivity contribution >= 4 is 23.9 Å². The van der Waals surface area contributed by atoms with Gasteiger partial charge in [0.25, 0.3) is 0 Å². The Morgan fingerprint density at radius 1 is 0.630 bits per heavy atom. The Balaban J connectivity index is 2.58. The molecule has 0 radical (unpaired) electrons. The van der Waals surface area contributed by atoms with Gasteiger partial charge in [-0.05, 0) is 54.7 Å². The molecule has 0 saturated carbocycles. The van der Waals surface area contributed by atoms with Crippen molar-refractivity contribution in [3.05, 3.63) is 68.8 Å². The van der Waals surface area contributed by atoms with Crippen LogP contribution in [0.15, 0.2) is 24.3 Å². The Hall–Kier alpha value is -3.68. The molecule has 0 unspecified atom stereocenters. The van der Waals surface area contributed by atoms with Gasteiger partial charge >= 0.3 is 23.9 Å². The van der Waals surface area contributed by atoms with Crippen LogP contribution in [0.1, 0.15) is 63.7 Å². The molecule has 2 aromatic carbocycles. The summed E-state index contributed by atoms with van der Waals surface area (Å²) >= 11 is 0. The fraction of sp³-hybridized carbons (Fsp3) is 0.158. The minimum Gasteiger partial charge on any atom is -0.478 e. The molecule has 8 nitrogen and oxygen atoms in total. The van der Waals surface area contributed by atoms with Crippen molar-refractivity contribution in [2.24, 2.45) is 0 Å². The minimum atomic E-state index is -1.39. The molecule has 0 heterocycles. The van der Waals surface area contributed by atoms with E-state index in [1.807, 2.05) is 0 Å². The number of carbonyl (C=O) groups is 4. The van der Waals surface area contributed by atoms with Crippen LogP contribution in [0.3, 0.4) is 0 Å². The third-order valence-corrected chi connectivity index (χ3v) is 4.09. The van der Waals surface area contributed by atoms with Crippen molar-refractivity contribution in [3.63, 3.8) is 0 Å². The van der Waals surface area contributed by atoms with E-state index in [1.165, 1.54) is 38.1 Å². The summed E-state index contributed by atoms with van der Waals surface area (Å²) in [5.74, 6) is -5.49. The highest BCUT2D eigenvalue weighted by Gasteiger charge is 2.22. The Bertz CT molecular complexity index is 908. The quantitative estimate of drug-likeness (QED) is 0.604. The predicted octanol–water partition coefficient (Wildman–Crippen LogP) is 2.69. The first-order chi connectivity index (χ1) is 12.5. The minimum absolute atomic E-state index is 0.113. The number of aromatic carboxylic acids is 4. The number of hydrogen-bond acceptors (Lipinski definition) is 4. The van der Waals surface area contributed by atoms with Gasteiger partial charge in [0.2, 0.25) is 0 Å². The van der Waals surface area contributed by atoms with Crippen molar-refractivity contribution in [2.75, 3.05) is 0 Å². The average molecular weight is 372 g/mol. The molecule has 0 fully saturated rings. The second-order valence-corrected chi connectivity index (χ2v) is 6.07. The molecule has 2 rings (SSSR count). The molecule has 0 aromatic heterocycles. The van der Waals surface area contributed by atoms with E-state index >= 15 is 0 Å². The Morgan fingerprint density at radius 2 is 0.963 bits per heavy atom. The third kappa shape index (κ3) is 3.95. The van der Waals surface area contributed by atoms with E-state index in [1.54, 1.807) is 0 Å². The Morgan fingerprint density at radius 3 is 1.22 bits per heavy atom. The molecule has 0 atom stereocenters. The predicted molar refractivity (Wildman–Crippen MR) is 93.0 cm³/mol. The fourth-order valence-corrected chi connectivity index (χ4v) is 3.07. The second-order valence-electron chi connectivity index (χ2n) is 6.07. The lowest BCUT2D eigenvalue weighted by molar-refractivity contribution is 0.0650. The lowest BCUT2D eigenvalue weighted by atomic mass is 9.92. The molecule has 0 aliphatic heterocycles. The van der Waals surface area contributed by atoms with Crippen molar-refractivity contribution < 1.29 is 39.6 Å². The summed E-state index contributed by atoms with van der Waals surface area (Å²) in [6.07, 6.45) is 0.113. The van der Waals surface area contributed by atoms with Gasteiger partial charge in [-0.2, -0.15) is 0 Å². The first-order valence-electron chi connectivity index (χ1n) is 7.73. The molecule has 0 saturated heterocycles. The maximum absolute atomic E-state index is 11.4. The van der Waals surface area contributed by atoms with Crippen molar-refractivity contribution in [3.8, 4) is 0 Å². The molecular weight excluding hydrogens is 356 g/mol. The van der Waals surface area contributed by atoms with Crippen LogP contribution >= 0.6 is 0 Å². The van der Waals surface area contributed by atoms with Crippen LogP contribution in [0.25, 0.3) is 0 Å². The highest BCUT2D eigenvalue weighted by Crippen LogP contribution is 2.23. The summed E-state index contributed by atoms with van der Waals surface area (Å²) in [5, 5.41) is 37.0. The largest absolute Gasteiger partial charge is 0.478 e. The zero-order valence-corrected chi connectivity index (χ0v) is 14.4. The molecule has 0 spiro atoms. The smallest absolute Gasteiger partial charge is 0.336 e. The van der Waals surface area contributed by atoms with Gasteiger partial charge in [-0.1, -0.05) is 12.1 Å². The topological polar surface area (TPSA) is 149 Å². The molecule has 4 N–H and O–H groups in total. The van der Waals surface area contributed by atoms with E-state index in [9.17, 15) is 39.6 Å². The molecule has 27 heavy (non-hydrogen) atoms. The van der Waals surface area contributed by atoms with E-state index in [0.29, 0.717) is 11.1 Å². The average Bonchev–Trinajstić information content (AvgIpc) is 2.52. The molecule has 2 aromatic rings. The van der Waals surface area contributed by atoms with Crippen LogP contribution in [0.4, 0.5) is 0 Å². The van der Waals surface area contributed by atoms with Gasteiger partial charge in [0.1, 0.15) is 0 Å². The van der Waals surface area contributed by atoms with E-state index in [2.05, 4.69) is 0 Å². The summed E-state index contributed by atoms with van der Waals surface area (Å²) in [6, 6.07) is 5.47. The number of rotatable bonds is 6. The lowest BCUT2D eigenvalue weighted by Crippen LogP contribution is -2.12. The molecule has 0 bridgehead atoms. The van der Waals surface area contributed by atoms with Gasteiger partial charge in [0, 0.05) is 0 Å². The number of hydrogen-bond donors (Lipinski definition) is 4. The van der Waals surface area contributed by atoms with Gasteiger partial charge in [0.05, 0.1) is 22.3 Å². The van der Waals surface area contributed by atoms with E-state index in [-0.39, 0.29) is 39.8 Å². The maximum Gasteiger partial charge on any atom is 0.336 e. The first kappa shape index (κ1) is 19.6. The van der Waals surface area contributed by atoms with E-state index < -0.39 is 23.9 Å². The van der Waals surface area contributed by atoms with E-state index in [4.69, 9.17) is 0 Å². The number of aryl methyl sites for hydroxylation is 2. The van der Waals surface area contributed by atoms with Crippen molar-refractivity contribution in [1.82, 2.24) is 0 Å². The standard InChI is InChI=1S/C19H16O8/c1-8-3-10(6-12(16(20)21)14(8)18(24)25)5-11-4-9(2)15(19(26)27)13(7-11)17(22)23/h3-4,6-7H,5H2,1-2H3,(H,20,21)(H,22,23)(H,24,25)(H,26,27). The molecular formula is C19H16O8. The summed E-state index contributed by atoms with van der Waals surface area (Å²) in [5.41, 5.74) is 0.0985. The van der Waals surface area contributed by atoms with E-state index in [0.717, 1.165) is 0 Å². The van der Waals surface area contributed by atoms with Crippen LogP contribution in [-0.2, 0) is 6.42 Å². The number of carboxylic acids is 4. The van der Waals surface area contributed by atoms with Gasteiger partial charge in [0.15, 0.2) is 0 Å². The monoisotopic (exact) mass is 372 g/mol. The third-order valence-electron chi connectivity index (χ3n) is 4.09. The van der Waals surface area contributed by atoms with Crippen molar-refractivity contribution in [2.45, 2.75) is 20.3 Å². The van der Waals surface area contributed by atoms with Crippen LogP contribution in [0, 0.1) is 13.8 Å². The highest BCUT2D eigenvalue weighted by molar-refractivity contribution is 6.03. The summed E-state index contributed by atoms with van der Waals surface area (Å²) < 4.78 is 0. The molecule has 0 aliphatic rings. The summed E-state index contributed by atoms with van der Waals surface area (Å²) in [4.78, 5) is 45.4. The van der Waals surface area contributed by atoms with Crippen molar-refractivity contribution in [1.29, 1.82) is 0 Å². The molecule has 0 aliphatic carbocycles. The van der Waals surface area contributed by atoms with Gasteiger partial charge < -0.3 is 20.4 Å². The van der Waals surface area contributed by atoms with Crippen LogP contribution in [0.2, 0.25) is 0 Å². The zero-order valence-electron chi connectivity index (χ0n) is 14.4. The zero-order chi connectivity index (χ0) is 20.5. The summed E-state index contributed by atoms with van der Waals surface area (Å²) in [6.45, 7) is 2.95. The van der Waals surface area contributed by atoms with Gasteiger partial charge in [-0.3, -0.25) is 0 Å². The van der Waals surface area contributed by atoms with Crippen LogP contribution in [-0.4, -0.2) is 44.3 Å².